The number of hydrogen-bond acceptors (Lipinski definition) is 2. The molecular weight excluding hydrogens is 465 g/mol. The van der Waals surface area contributed by atoms with Crippen LogP contribution in [0.3, 0.4) is 0 Å². The summed E-state index contributed by atoms with van der Waals surface area (Å²) >= 11 is 0. The van der Waals surface area contributed by atoms with Crippen molar-refractivity contribution in [1.29, 1.82) is 0 Å². The van der Waals surface area contributed by atoms with Crippen LogP contribution in [0.15, 0.2) is 53.8 Å². The Balaban J connectivity index is 0.00000280. The minimum Gasteiger partial charge on any atom is -0.356 e. The summed E-state index contributed by atoms with van der Waals surface area (Å²) in [5.74, 6) is 1.02. The largest absolute Gasteiger partial charge is 0.356 e. The van der Waals surface area contributed by atoms with Gasteiger partial charge in [0.2, 0.25) is 5.91 Å². The van der Waals surface area contributed by atoms with Crippen molar-refractivity contribution in [1.82, 2.24) is 20.1 Å². The van der Waals surface area contributed by atoms with Crippen molar-refractivity contribution in [2.45, 2.75) is 32.4 Å². The van der Waals surface area contributed by atoms with E-state index >= 15 is 0 Å². The van der Waals surface area contributed by atoms with E-state index < -0.39 is 0 Å². The molecule has 0 aliphatic carbocycles. The zero-order chi connectivity index (χ0) is 18.9. The highest BCUT2D eigenvalue weighted by Crippen LogP contribution is 2.19. The van der Waals surface area contributed by atoms with E-state index in [0.717, 1.165) is 51.5 Å². The number of rotatable bonds is 7. The first-order valence-electron chi connectivity index (χ1n) is 9.66. The Kier molecular flexibility index (Phi) is 9.33. The lowest BCUT2D eigenvalue weighted by Crippen LogP contribution is -2.40. The van der Waals surface area contributed by atoms with Gasteiger partial charge in [0.15, 0.2) is 5.96 Å². The summed E-state index contributed by atoms with van der Waals surface area (Å²) in [5.41, 5.74) is 2.65. The van der Waals surface area contributed by atoms with Gasteiger partial charge in [-0.2, -0.15) is 0 Å². The Hall–Kier alpha value is -2.03. The Morgan fingerprint density at radius 2 is 1.79 bits per heavy atom. The van der Waals surface area contributed by atoms with Crippen molar-refractivity contribution in [2.75, 3.05) is 26.7 Å². The molecular formula is C21H30IN5O. The molecule has 0 saturated carbocycles. The molecule has 6 nitrogen and oxygen atoms in total. The number of nitrogens with zero attached hydrogens (tertiary/aromatic N) is 3. The summed E-state index contributed by atoms with van der Waals surface area (Å²) in [7, 11) is 1.77. The zero-order valence-corrected chi connectivity index (χ0v) is 18.8. The van der Waals surface area contributed by atoms with Gasteiger partial charge in [-0.05, 0) is 36.1 Å². The minimum atomic E-state index is 0. The molecule has 0 radical (unpaired) electrons. The third kappa shape index (κ3) is 6.54. The van der Waals surface area contributed by atoms with Crippen LogP contribution in [0.5, 0.6) is 0 Å². The van der Waals surface area contributed by atoms with Crippen molar-refractivity contribution in [3.8, 4) is 0 Å². The molecule has 2 aromatic rings. The van der Waals surface area contributed by atoms with Gasteiger partial charge in [-0.15, -0.1) is 24.0 Å². The molecule has 0 spiro atoms. The highest BCUT2D eigenvalue weighted by atomic mass is 127. The van der Waals surface area contributed by atoms with Gasteiger partial charge < -0.3 is 20.1 Å². The van der Waals surface area contributed by atoms with Crippen LogP contribution in [0, 0.1) is 0 Å². The molecule has 3 rings (SSSR count). The predicted molar refractivity (Wildman–Crippen MR) is 124 cm³/mol. The highest BCUT2D eigenvalue weighted by molar-refractivity contribution is 14.0. The molecule has 0 bridgehead atoms. The average molecular weight is 495 g/mol. The van der Waals surface area contributed by atoms with Crippen LogP contribution in [0.2, 0.25) is 0 Å². The van der Waals surface area contributed by atoms with Crippen molar-refractivity contribution in [3.05, 3.63) is 59.9 Å². The smallest absolute Gasteiger partial charge is 0.222 e. The lowest BCUT2D eigenvalue weighted by atomic mass is 9.99. The summed E-state index contributed by atoms with van der Waals surface area (Å²) in [6.45, 7) is 4.00. The third-order valence-corrected chi connectivity index (χ3v) is 4.90. The standard InChI is InChI=1S/C21H29N5O.HI/c1-22-21(24-12-16-25-13-4-5-14-25)23-11-6-9-20(27)26-15-10-18-7-2-3-8-19(18)17-26;/h2-5,7-8,13-14H,6,9-12,15-17H2,1H3,(H2,22,23,24);1H. The first kappa shape index (κ1) is 22.3. The predicted octanol–water partition coefficient (Wildman–Crippen LogP) is 2.64. The third-order valence-electron chi connectivity index (χ3n) is 4.90. The lowest BCUT2D eigenvalue weighted by Gasteiger charge is -2.29. The van der Waals surface area contributed by atoms with Gasteiger partial charge in [0.05, 0.1) is 0 Å². The number of aromatic nitrogens is 1. The van der Waals surface area contributed by atoms with Crippen LogP contribution >= 0.6 is 24.0 Å². The number of fused-ring (bicyclic) bond motifs is 1. The molecule has 1 amide bonds. The Labute approximate surface area is 184 Å². The topological polar surface area (TPSA) is 61.7 Å². The number of carbonyl (C=O) groups excluding carboxylic acids is 1. The van der Waals surface area contributed by atoms with Crippen LogP contribution < -0.4 is 10.6 Å². The van der Waals surface area contributed by atoms with Gasteiger partial charge in [0.1, 0.15) is 0 Å². The Bertz CT molecular complexity index is 760. The lowest BCUT2D eigenvalue weighted by molar-refractivity contribution is -0.132. The fourth-order valence-corrected chi connectivity index (χ4v) is 3.36. The SMILES string of the molecule is CN=C(NCCCC(=O)N1CCc2ccccc2C1)NCCn1cccc1.I. The molecule has 7 heteroatoms. The fourth-order valence-electron chi connectivity index (χ4n) is 3.36. The number of benzene rings is 1. The molecule has 152 valence electrons. The zero-order valence-electron chi connectivity index (χ0n) is 16.4. The van der Waals surface area contributed by atoms with Gasteiger partial charge in [0, 0.05) is 58.6 Å². The van der Waals surface area contributed by atoms with Crippen molar-refractivity contribution < 1.29 is 4.79 Å². The summed E-state index contributed by atoms with van der Waals surface area (Å²) in [6, 6.07) is 12.4. The fraction of sp³-hybridized carbons (Fsp3) is 0.429. The van der Waals surface area contributed by atoms with Crippen LogP contribution in [0.25, 0.3) is 0 Å². The first-order valence-corrected chi connectivity index (χ1v) is 9.66. The molecule has 0 unspecified atom stereocenters. The summed E-state index contributed by atoms with van der Waals surface area (Å²) < 4.78 is 2.12. The number of halogens is 1. The second-order valence-electron chi connectivity index (χ2n) is 6.78. The first-order chi connectivity index (χ1) is 13.3. The van der Waals surface area contributed by atoms with Crippen LogP contribution in [-0.2, 0) is 24.3 Å². The highest BCUT2D eigenvalue weighted by Gasteiger charge is 2.19. The maximum atomic E-state index is 12.5. The maximum absolute atomic E-state index is 12.5. The summed E-state index contributed by atoms with van der Waals surface area (Å²) in [5, 5.41) is 6.58. The molecule has 0 saturated heterocycles. The van der Waals surface area contributed by atoms with Gasteiger partial charge in [-0.3, -0.25) is 9.79 Å². The monoisotopic (exact) mass is 495 g/mol. The van der Waals surface area contributed by atoms with E-state index in [1.54, 1.807) is 7.05 Å². The Morgan fingerprint density at radius 3 is 2.54 bits per heavy atom. The van der Waals surface area contributed by atoms with E-state index in [-0.39, 0.29) is 29.9 Å². The van der Waals surface area contributed by atoms with Gasteiger partial charge in [0.25, 0.3) is 0 Å². The number of aliphatic imine (C=N–C) groups is 1. The van der Waals surface area contributed by atoms with E-state index in [2.05, 4.69) is 38.4 Å². The molecule has 1 aliphatic heterocycles. The van der Waals surface area contributed by atoms with E-state index in [1.807, 2.05) is 35.5 Å². The summed E-state index contributed by atoms with van der Waals surface area (Å²) in [6.07, 6.45) is 6.41. The number of nitrogens with one attached hydrogen (secondary N) is 2. The van der Waals surface area contributed by atoms with E-state index in [1.165, 1.54) is 11.1 Å². The minimum absolute atomic E-state index is 0. The van der Waals surface area contributed by atoms with Gasteiger partial charge in [-0.25, -0.2) is 0 Å². The van der Waals surface area contributed by atoms with Crippen LogP contribution in [0.4, 0.5) is 0 Å². The van der Waals surface area contributed by atoms with Crippen molar-refractivity contribution >= 4 is 35.8 Å². The number of carbonyl (C=O) groups is 1. The number of hydrogen-bond donors (Lipinski definition) is 2. The normalized spacial score (nSPS) is 13.5. The molecule has 1 aromatic heterocycles. The quantitative estimate of drug-likeness (QED) is 0.269. The molecule has 0 atom stereocenters. The molecule has 2 heterocycles. The van der Waals surface area contributed by atoms with E-state index in [4.69, 9.17) is 0 Å². The summed E-state index contributed by atoms with van der Waals surface area (Å²) in [4.78, 5) is 18.7. The van der Waals surface area contributed by atoms with Crippen molar-refractivity contribution in [2.24, 2.45) is 4.99 Å². The van der Waals surface area contributed by atoms with Crippen molar-refractivity contribution in [3.63, 3.8) is 0 Å². The Morgan fingerprint density at radius 1 is 1.07 bits per heavy atom. The molecule has 28 heavy (non-hydrogen) atoms. The van der Waals surface area contributed by atoms with Crippen LogP contribution in [0.1, 0.15) is 24.0 Å². The molecule has 2 N–H and O–H groups in total. The van der Waals surface area contributed by atoms with E-state index in [9.17, 15) is 4.79 Å². The molecule has 1 aliphatic rings. The average Bonchev–Trinajstić information content (AvgIpc) is 3.22. The number of amides is 1. The second-order valence-corrected chi connectivity index (χ2v) is 6.78. The maximum Gasteiger partial charge on any atom is 0.222 e. The second kappa shape index (κ2) is 11.7. The van der Waals surface area contributed by atoms with Gasteiger partial charge >= 0.3 is 0 Å². The molecule has 0 fully saturated rings. The van der Waals surface area contributed by atoms with Gasteiger partial charge in [-0.1, -0.05) is 24.3 Å². The molecule has 1 aromatic carbocycles. The van der Waals surface area contributed by atoms with Crippen LogP contribution in [-0.4, -0.2) is 48.0 Å². The number of guanidine groups is 1. The van der Waals surface area contributed by atoms with E-state index in [0.29, 0.717) is 6.42 Å².